The van der Waals surface area contributed by atoms with E-state index in [1.165, 1.54) is 24.3 Å². The molecule has 0 radical (unpaired) electrons. The highest BCUT2D eigenvalue weighted by atomic mass is 35.5. The van der Waals surface area contributed by atoms with Gasteiger partial charge in [-0.3, -0.25) is 4.79 Å². The summed E-state index contributed by atoms with van der Waals surface area (Å²) in [7, 11) is 0. The van der Waals surface area contributed by atoms with Gasteiger partial charge in [-0.2, -0.15) is 0 Å². The Morgan fingerprint density at radius 2 is 1.95 bits per heavy atom. The summed E-state index contributed by atoms with van der Waals surface area (Å²) in [4.78, 5) is 10.9. The molecular weight excluding hydrogens is 286 g/mol. The van der Waals surface area contributed by atoms with E-state index in [2.05, 4.69) is 5.32 Å². The van der Waals surface area contributed by atoms with Crippen LogP contribution in [0.25, 0.3) is 0 Å². The van der Waals surface area contributed by atoms with Gasteiger partial charge < -0.3 is 11.1 Å². The maximum Gasteiger partial charge on any atom is 0.251 e. The van der Waals surface area contributed by atoms with Crippen LogP contribution in [0.3, 0.4) is 0 Å². The van der Waals surface area contributed by atoms with E-state index in [1.54, 1.807) is 6.07 Å². The molecule has 0 aliphatic rings. The van der Waals surface area contributed by atoms with Crippen molar-refractivity contribution in [1.29, 1.82) is 0 Å². The number of hydrogen-bond donors (Lipinski definition) is 2. The molecule has 0 bridgehead atoms. The van der Waals surface area contributed by atoms with Gasteiger partial charge in [0.05, 0.1) is 5.56 Å². The third kappa shape index (κ3) is 3.24. The lowest BCUT2D eigenvalue weighted by atomic mass is 10.1. The summed E-state index contributed by atoms with van der Waals surface area (Å²) in [6.07, 6.45) is 0. The first-order chi connectivity index (χ1) is 9.47. The molecule has 6 heteroatoms. The summed E-state index contributed by atoms with van der Waals surface area (Å²) in [5.74, 6) is -1.95. The molecule has 0 aliphatic heterocycles. The van der Waals surface area contributed by atoms with Gasteiger partial charge in [-0.05, 0) is 35.9 Å². The van der Waals surface area contributed by atoms with Crippen molar-refractivity contribution in [3.8, 4) is 0 Å². The highest BCUT2D eigenvalue weighted by Crippen LogP contribution is 2.20. The maximum absolute atomic E-state index is 13.5. The molecule has 3 nitrogen and oxygen atoms in total. The molecule has 0 aromatic heterocycles. The van der Waals surface area contributed by atoms with Crippen molar-refractivity contribution in [2.24, 2.45) is 5.73 Å². The summed E-state index contributed by atoms with van der Waals surface area (Å²) >= 11 is 5.88. The van der Waals surface area contributed by atoms with Gasteiger partial charge in [-0.15, -0.1) is 0 Å². The van der Waals surface area contributed by atoms with Crippen molar-refractivity contribution in [1.82, 2.24) is 0 Å². The van der Waals surface area contributed by atoms with E-state index in [9.17, 15) is 13.6 Å². The van der Waals surface area contributed by atoms with Crippen LogP contribution in [-0.2, 0) is 6.54 Å². The summed E-state index contributed by atoms with van der Waals surface area (Å²) in [6.45, 7) is 0.300. The Kier molecular flexibility index (Phi) is 4.20. The summed E-state index contributed by atoms with van der Waals surface area (Å²) in [5, 5.41) is 3.21. The fraction of sp³-hybridized carbons (Fsp3) is 0.0714. The van der Waals surface area contributed by atoms with Gasteiger partial charge in [0.1, 0.15) is 11.6 Å². The fourth-order valence-corrected chi connectivity index (χ4v) is 1.92. The molecule has 0 atom stereocenters. The number of primary amides is 1. The van der Waals surface area contributed by atoms with E-state index in [4.69, 9.17) is 17.3 Å². The molecule has 0 unspecified atom stereocenters. The van der Waals surface area contributed by atoms with E-state index in [0.717, 1.165) is 6.07 Å². The minimum Gasteiger partial charge on any atom is -0.381 e. The van der Waals surface area contributed by atoms with E-state index < -0.39 is 17.5 Å². The molecule has 0 heterocycles. The van der Waals surface area contributed by atoms with Crippen molar-refractivity contribution >= 4 is 23.2 Å². The van der Waals surface area contributed by atoms with Crippen LogP contribution in [0, 0.1) is 11.6 Å². The molecule has 3 N–H and O–H groups in total. The Labute approximate surface area is 119 Å². The van der Waals surface area contributed by atoms with Gasteiger partial charge in [-0.1, -0.05) is 17.7 Å². The van der Waals surface area contributed by atoms with Crippen LogP contribution >= 0.6 is 11.6 Å². The number of halogens is 3. The Morgan fingerprint density at radius 1 is 1.20 bits per heavy atom. The zero-order valence-corrected chi connectivity index (χ0v) is 11.0. The number of amides is 1. The highest BCUT2D eigenvalue weighted by molar-refractivity contribution is 6.31. The lowest BCUT2D eigenvalue weighted by molar-refractivity contribution is 0.0996. The summed E-state index contributed by atoms with van der Waals surface area (Å²) in [5.41, 5.74) is 5.98. The third-order valence-electron chi connectivity index (χ3n) is 2.73. The third-order valence-corrected chi connectivity index (χ3v) is 3.08. The van der Waals surface area contributed by atoms with Crippen molar-refractivity contribution in [3.63, 3.8) is 0 Å². The van der Waals surface area contributed by atoms with E-state index in [0.29, 0.717) is 17.8 Å². The quantitative estimate of drug-likeness (QED) is 0.909. The lowest BCUT2D eigenvalue weighted by Gasteiger charge is -2.09. The number of anilines is 1. The predicted octanol–water partition coefficient (Wildman–Crippen LogP) is 3.33. The van der Waals surface area contributed by atoms with Crippen LogP contribution in [-0.4, -0.2) is 5.91 Å². The SMILES string of the molecule is NC(=O)c1ccc(NCc2ccc(F)cc2Cl)cc1F. The number of rotatable bonds is 4. The smallest absolute Gasteiger partial charge is 0.251 e. The molecule has 2 aromatic carbocycles. The summed E-state index contributed by atoms with van der Waals surface area (Å²) in [6, 6.07) is 8.03. The molecule has 1 amide bonds. The molecule has 0 fully saturated rings. The molecular formula is C14H11ClF2N2O. The first-order valence-corrected chi connectivity index (χ1v) is 6.12. The van der Waals surface area contributed by atoms with E-state index in [-0.39, 0.29) is 10.6 Å². The average molecular weight is 297 g/mol. The lowest BCUT2D eigenvalue weighted by Crippen LogP contribution is -2.13. The first kappa shape index (κ1) is 14.3. The second-order valence-corrected chi connectivity index (χ2v) is 4.56. The Balaban J connectivity index is 2.11. The molecule has 2 aromatic rings. The molecule has 20 heavy (non-hydrogen) atoms. The molecule has 0 saturated heterocycles. The minimum atomic E-state index is -0.823. The largest absolute Gasteiger partial charge is 0.381 e. The average Bonchev–Trinajstić information content (AvgIpc) is 2.37. The van der Waals surface area contributed by atoms with Gasteiger partial charge in [0.15, 0.2) is 0 Å². The zero-order chi connectivity index (χ0) is 14.7. The number of hydrogen-bond acceptors (Lipinski definition) is 2. The van der Waals surface area contributed by atoms with Gasteiger partial charge in [0, 0.05) is 17.3 Å². The standard InChI is InChI=1S/C14H11ClF2N2O/c15-12-5-9(16)2-1-8(12)7-19-10-3-4-11(14(18)20)13(17)6-10/h1-6,19H,7H2,(H2,18,20). The molecule has 0 spiro atoms. The van der Waals surface area contributed by atoms with Crippen LogP contribution in [0.2, 0.25) is 5.02 Å². The molecule has 104 valence electrons. The Morgan fingerprint density at radius 3 is 2.55 bits per heavy atom. The molecule has 0 aliphatic carbocycles. The van der Waals surface area contributed by atoms with Crippen molar-refractivity contribution in [3.05, 3.63) is 64.2 Å². The topological polar surface area (TPSA) is 55.1 Å². The van der Waals surface area contributed by atoms with Crippen LogP contribution in [0.1, 0.15) is 15.9 Å². The van der Waals surface area contributed by atoms with Crippen molar-refractivity contribution in [2.45, 2.75) is 6.54 Å². The van der Waals surface area contributed by atoms with Crippen LogP contribution in [0.4, 0.5) is 14.5 Å². The highest BCUT2D eigenvalue weighted by Gasteiger charge is 2.09. The predicted molar refractivity (Wildman–Crippen MR) is 73.7 cm³/mol. The molecule has 2 rings (SSSR count). The number of carbonyl (C=O) groups is 1. The van der Waals surface area contributed by atoms with Gasteiger partial charge in [0.2, 0.25) is 0 Å². The van der Waals surface area contributed by atoms with Crippen LogP contribution in [0.15, 0.2) is 36.4 Å². The number of nitrogens with one attached hydrogen (secondary N) is 1. The van der Waals surface area contributed by atoms with E-state index in [1.807, 2.05) is 0 Å². The summed E-state index contributed by atoms with van der Waals surface area (Å²) < 4.78 is 26.4. The number of benzene rings is 2. The monoisotopic (exact) mass is 296 g/mol. The Bertz CT molecular complexity index is 662. The fourth-order valence-electron chi connectivity index (χ4n) is 1.69. The van der Waals surface area contributed by atoms with Gasteiger partial charge in [0.25, 0.3) is 5.91 Å². The van der Waals surface area contributed by atoms with Gasteiger partial charge in [-0.25, -0.2) is 8.78 Å². The van der Waals surface area contributed by atoms with Crippen LogP contribution < -0.4 is 11.1 Å². The second kappa shape index (κ2) is 5.88. The Hall–Kier alpha value is -2.14. The molecule has 0 saturated carbocycles. The number of carbonyl (C=O) groups excluding carboxylic acids is 1. The first-order valence-electron chi connectivity index (χ1n) is 5.74. The minimum absolute atomic E-state index is 0.171. The van der Waals surface area contributed by atoms with E-state index >= 15 is 0 Å². The van der Waals surface area contributed by atoms with Gasteiger partial charge >= 0.3 is 0 Å². The van der Waals surface area contributed by atoms with Crippen LogP contribution in [0.5, 0.6) is 0 Å². The second-order valence-electron chi connectivity index (χ2n) is 4.15. The maximum atomic E-state index is 13.5. The zero-order valence-electron chi connectivity index (χ0n) is 10.3. The van der Waals surface area contributed by atoms with Crippen molar-refractivity contribution < 1.29 is 13.6 Å². The van der Waals surface area contributed by atoms with Crippen molar-refractivity contribution in [2.75, 3.05) is 5.32 Å². The normalized spacial score (nSPS) is 10.3. The number of nitrogens with two attached hydrogens (primary N) is 1.